The highest BCUT2D eigenvalue weighted by Gasteiger charge is 2.00. The predicted molar refractivity (Wildman–Crippen MR) is 61.5 cm³/mol. The molecule has 0 saturated heterocycles. The van der Waals surface area contributed by atoms with Crippen LogP contribution in [-0.4, -0.2) is 9.97 Å². The van der Waals surface area contributed by atoms with E-state index in [0.29, 0.717) is 5.75 Å². The summed E-state index contributed by atoms with van der Waals surface area (Å²) in [5.74, 6) is 1.55. The molecule has 0 spiro atoms. The molecule has 1 aromatic carbocycles. The summed E-state index contributed by atoms with van der Waals surface area (Å²) in [5, 5.41) is 0. The zero-order valence-corrected chi connectivity index (χ0v) is 8.88. The van der Waals surface area contributed by atoms with Crippen LogP contribution in [0.5, 0.6) is 0 Å². The Morgan fingerprint density at radius 2 is 2.00 bits per heavy atom. The van der Waals surface area contributed by atoms with E-state index in [1.54, 1.807) is 0 Å². The number of nitrogens with zero attached hydrogens (tertiary/aromatic N) is 1. The third-order valence-corrected chi connectivity index (χ3v) is 2.44. The third kappa shape index (κ3) is 1.82. The number of thiol groups is 1. The minimum Gasteiger partial charge on any atom is -0.341 e. The number of benzene rings is 1. The molecule has 0 bridgehead atoms. The second kappa shape index (κ2) is 3.88. The van der Waals surface area contributed by atoms with Gasteiger partial charge in [-0.15, -0.1) is 0 Å². The molecule has 14 heavy (non-hydrogen) atoms. The molecule has 2 nitrogen and oxygen atoms in total. The molecule has 3 heteroatoms. The van der Waals surface area contributed by atoms with E-state index in [-0.39, 0.29) is 0 Å². The van der Waals surface area contributed by atoms with Crippen LogP contribution in [-0.2, 0) is 5.75 Å². The molecule has 0 unspecified atom stereocenters. The van der Waals surface area contributed by atoms with Crippen LogP contribution in [0.1, 0.15) is 11.4 Å². The average molecular weight is 204 g/mol. The maximum atomic E-state index is 4.20. The van der Waals surface area contributed by atoms with Crippen molar-refractivity contribution in [3.63, 3.8) is 0 Å². The van der Waals surface area contributed by atoms with E-state index in [0.717, 1.165) is 17.1 Å². The summed E-state index contributed by atoms with van der Waals surface area (Å²) >= 11 is 4.16. The highest BCUT2D eigenvalue weighted by atomic mass is 32.1. The van der Waals surface area contributed by atoms with Gasteiger partial charge in [0.1, 0.15) is 5.82 Å². The van der Waals surface area contributed by atoms with E-state index in [1.165, 1.54) is 5.56 Å². The number of hydrogen-bond donors (Lipinski definition) is 2. The summed E-state index contributed by atoms with van der Waals surface area (Å²) < 4.78 is 0. The lowest BCUT2D eigenvalue weighted by molar-refractivity contribution is 1.13. The molecule has 0 aliphatic carbocycles. The Morgan fingerprint density at radius 3 is 2.57 bits per heavy atom. The Bertz CT molecular complexity index is 417. The van der Waals surface area contributed by atoms with Gasteiger partial charge >= 0.3 is 0 Å². The van der Waals surface area contributed by atoms with Crippen molar-refractivity contribution in [2.24, 2.45) is 0 Å². The zero-order chi connectivity index (χ0) is 9.97. The van der Waals surface area contributed by atoms with Crippen molar-refractivity contribution in [2.75, 3.05) is 0 Å². The third-order valence-electron chi connectivity index (χ3n) is 2.14. The molecule has 0 aliphatic heterocycles. The molecule has 0 atom stereocenters. The summed E-state index contributed by atoms with van der Waals surface area (Å²) in [7, 11) is 0. The monoisotopic (exact) mass is 204 g/mol. The molecule has 2 rings (SSSR count). The molecular formula is C11H12N2S. The number of hydrogen-bond acceptors (Lipinski definition) is 2. The Balaban J connectivity index is 2.34. The average Bonchev–Trinajstić information content (AvgIpc) is 2.67. The van der Waals surface area contributed by atoms with E-state index in [9.17, 15) is 0 Å². The number of H-pyrrole nitrogens is 1. The fourth-order valence-electron chi connectivity index (χ4n) is 1.32. The minimum atomic E-state index is 0.645. The molecule has 2 aromatic rings. The van der Waals surface area contributed by atoms with E-state index in [1.807, 2.05) is 6.20 Å². The molecule has 0 radical (unpaired) electrons. The van der Waals surface area contributed by atoms with Crippen molar-refractivity contribution in [1.29, 1.82) is 0 Å². The highest BCUT2D eigenvalue weighted by molar-refractivity contribution is 7.79. The first-order chi connectivity index (χ1) is 6.79. The second-order valence-electron chi connectivity index (χ2n) is 3.27. The Morgan fingerprint density at radius 1 is 1.29 bits per heavy atom. The molecule has 0 fully saturated rings. The molecule has 72 valence electrons. The van der Waals surface area contributed by atoms with Gasteiger partial charge in [-0.25, -0.2) is 4.98 Å². The largest absolute Gasteiger partial charge is 0.341 e. The van der Waals surface area contributed by atoms with E-state index in [4.69, 9.17) is 0 Å². The number of aryl methyl sites for hydroxylation is 1. The summed E-state index contributed by atoms with van der Waals surface area (Å²) in [6.07, 6.45) is 1.84. The maximum absolute atomic E-state index is 4.20. The van der Waals surface area contributed by atoms with Crippen molar-refractivity contribution in [1.82, 2.24) is 9.97 Å². The van der Waals surface area contributed by atoms with Crippen molar-refractivity contribution >= 4 is 12.6 Å². The first kappa shape index (κ1) is 9.34. The number of aromatic amines is 1. The zero-order valence-electron chi connectivity index (χ0n) is 7.99. The Kier molecular flexibility index (Phi) is 2.59. The van der Waals surface area contributed by atoms with E-state index in [2.05, 4.69) is 53.8 Å². The van der Waals surface area contributed by atoms with Crippen molar-refractivity contribution < 1.29 is 0 Å². The maximum Gasteiger partial charge on any atom is 0.116 e. The van der Waals surface area contributed by atoms with Gasteiger partial charge in [-0.05, 0) is 12.5 Å². The van der Waals surface area contributed by atoms with Crippen LogP contribution in [0.15, 0.2) is 30.5 Å². The standard InChI is InChI=1S/C11H12N2S/c1-8-2-4-9(5-3-8)10-6-12-11(7-14)13-10/h2-6,14H,7H2,1H3,(H,12,13). The van der Waals surface area contributed by atoms with Gasteiger partial charge in [0, 0.05) is 5.75 Å². The quantitative estimate of drug-likeness (QED) is 0.723. The van der Waals surface area contributed by atoms with Gasteiger partial charge < -0.3 is 4.98 Å². The topological polar surface area (TPSA) is 28.7 Å². The minimum absolute atomic E-state index is 0.645. The van der Waals surface area contributed by atoms with Crippen LogP contribution in [0, 0.1) is 6.92 Å². The van der Waals surface area contributed by atoms with Gasteiger partial charge in [0.15, 0.2) is 0 Å². The lowest BCUT2D eigenvalue weighted by atomic mass is 10.1. The van der Waals surface area contributed by atoms with Gasteiger partial charge in [0.2, 0.25) is 0 Å². The molecule has 1 N–H and O–H groups in total. The van der Waals surface area contributed by atoms with Crippen LogP contribution >= 0.6 is 12.6 Å². The van der Waals surface area contributed by atoms with E-state index < -0.39 is 0 Å². The smallest absolute Gasteiger partial charge is 0.116 e. The summed E-state index contributed by atoms with van der Waals surface area (Å²) in [6, 6.07) is 8.36. The molecule has 0 aliphatic rings. The van der Waals surface area contributed by atoms with Gasteiger partial charge in [0.05, 0.1) is 11.9 Å². The Labute approximate surface area is 88.8 Å². The second-order valence-corrected chi connectivity index (χ2v) is 3.58. The molecule has 1 aromatic heterocycles. The van der Waals surface area contributed by atoms with Crippen molar-refractivity contribution in [2.45, 2.75) is 12.7 Å². The van der Waals surface area contributed by atoms with Crippen LogP contribution in [0.25, 0.3) is 11.3 Å². The number of aromatic nitrogens is 2. The normalized spacial score (nSPS) is 10.4. The molecule has 1 heterocycles. The lowest BCUT2D eigenvalue weighted by Gasteiger charge is -1.97. The summed E-state index contributed by atoms with van der Waals surface area (Å²) in [5.41, 5.74) is 3.48. The van der Waals surface area contributed by atoms with Crippen LogP contribution in [0.2, 0.25) is 0 Å². The van der Waals surface area contributed by atoms with Crippen LogP contribution in [0.4, 0.5) is 0 Å². The van der Waals surface area contributed by atoms with Gasteiger partial charge in [0.25, 0.3) is 0 Å². The number of nitrogens with one attached hydrogen (secondary N) is 1. The summed E-state index contributed by atoms with van der Waals surface area (Å²) in [6.45, 7) is 2.08. The van der Waals surface area contributed by atoms with Gasteiger partial charge in [-0.2, -0.15) is 12.6 Å². The molecular weight excluding hydrogens is 192 g/mol. The first-order valence-corrected chi connectivity index (χ1v) is 5.14. The Hall–Kier alpha value is -1.22. The fourth-order valence-corrected chi connectivity index (χ4v) is 1.48. The number of rotatable bonds is 2. The first-order valence-electron chi connectivity index (χ1n) is 4.51. The van der Waals surface area contributed by atoms with E-state index >= 15 is 0 Å². The molecule has 0 saturated carbocycles. The highest BCUT2D eigenvalue weighted by Crippen LogP contribution is 2.17. The van der Waals surface area contributed by atoms with Gasteiger partial charge in [-0.3, -0.25) is 0 Å². The number of imidazole rings is 1. The van der Waals surface area contributed by atoms with Crippen LogP contribution < -0.4 is 0 Å². The fraction of sp³-hybridized carbons (Fsp3) is 0.182. The van der Waals surface area contributed by atoms with Crippen molar-refractivity contribution in [3.05, 3.63) is 41.9 Å². The van der Waals surface area contributed by atoms with Crippen molar-refractivity contribution in [3.8, 4) is 11.3 Å². The lowest BCUT2D eigenvalue weighted by Crippen LogP contribution is -1.81. The van der Waals surface area contributed by atoms with Crippen LogP contribution in [0.3, 0.4) is 0 Å². The molecule has 0 amide bonds. The SMILES string of the molecule is Cc1ccc(-c2cnc(CS)[nH]2)cc1. The predicted octanol–water partition coefficient (Wildman–Crippen LogP) is 2.81. The summed E-state index contributed by atoms with van der Waals surface area (Å²) in [4.78, 5) is 7.41. The van der Waals surface area contributed by atoms with Gasteiger partial charge in [-0.1, -0.05) is 29.8 Å².